The Balaban J connectivity index is 2.26. The summed E-state index contributed by atoms with van der Waals surface area (Å²) in [5.41, 5.74) is 0. The van der Waals surface area contributed by atoms with Crippen LogP contribution in [0, 0.1) is 11.3 Å². The molecule has 3 nitrogen and oxygen atoms in total. The lowest BCUT2D eigenvalue weighted by atomic mass is 10.2. The van der Waals surface area contributed by atoms with Gasteiger partial charge in [-0.25, -0.2) is 0 Å². The Bertz CT molecular complexity index is 194. The molecule has 0 aliphatic carbocycles. The normalized spacial score (nSPS) is 21.6. The Hall–Kier alpha value is -0.400. The Labute approximate surface area is 75.2 Å². The highest BCUT2D eigenvalue weighted by atomic mass is 32.2. The third kappa shape index (κ3) is 2.92. The van der Waals surface area contributed by atoms with Gasteiger partial charge in [-0.1, -0.05) is 0 Å². The fourth-order valence-corrected chi connectivity index (χ4v) is 2.60. The van der Waals surface area contributed by atoms with Gasteiger partial charge in [0.2, 0.25) is 0 Å². The first-order valence-electron chi connectivity index (χ1n) is 4.16. The summed E-state index contributed by atoms with van der Waals surface area (Å²) in [4.78, 5) is 0. The maximum absolute atomic E-state index is 11.5. The lowest BCUT2D eigenvalue weighted by Crippen LogP contribution is -2.26. The molecular weight excluding hydrogens is 174 g/mol. The molecule has 1 saturated heterocycles. The van der Waals surface area contributed by atoms with Crippen molar-refractivity contribution >= 4 is 10.8 Å². The Morgan fingerprint density at radius 3 is 2.75 bits per heavy atom. The van der Waals surface area contributed by atoms with Crippen molar-refractivity contribution in [2.75, 3.05) is 19.0 Å². The van der Waals surface area contributed by atoms with Crippen LogP contribution in [0.5, 0.6) is 0 Å². The van der Waals surface area contributed by atoms with Gasteiger partial charge in [0.25, 0.3) is 0 Å². The van der Waals surface area contributed by atoms with Crippen LogP contribution in [0.2, 0.25) is 0 Å². The van der Waals surface area contributed by atoms with E-state index >= 15 is 0 Å². The largest absolute Gasteiger partial charge is 0.381 e. The minimum Gasteiger partial charge on any atom is -0.381 e. The topological polar surface area (TPSA) is 50.1 Å². The smallest absolute Gasteiger partial charge is 0.0631 e. The molecule has 0 aromatic carbocycles. The maximum atomic E-state index is 11.5. The van der Waals surface area contributed by atoms with Gasteiger partial charge in [-0.05, 0) is 12.8 Å². The zero-order valence-corrected chi connectivity index (χ0v) is 7.81. The van der Waals surface area contributed by atoms with E-state index in [1.807, 2.05) is 6.07 Å². The predicted octanol–water partition coefficient (Wildman–Crippen LogP) is 0.828. The molecule has 0 aromatic rings. The molecule has 12 heavy (non-hydrogen) atoms. The number of hydrogen-bond donors (Lipinski definition) is 0. The van der Waals surface area contributed by atoms with Crippen LogP contribution in [0.3, 0.4) is 0 Å². The van der Waals surface area contributed by atoms with E-state index in [9.17, 15) is 4.21 Å². The molecule has 1 unspecified atom stereocenters. The summed E-state index contributed by atoms with van der Waals surface area (Å²) in [6.45, 7) is 1.45. The number of ether oxygens (including phenoxy) is 1. The van der Waals surface area contributed by atoms with Gasteiger partial charge < -0.3 is 4.74 Å². The average Bonchev–Trinajstić information content (AvgIpc) is 2.15. The van der Waals surface area contributed by atoms with Crippen LogP contribution >= 0.6 is 0 Å². The van der Waals surface area contributed by atoms with Gasteiger partial charge in [0, 0.05) is 41.4 Å². The summed E-state index contributed by atoms with van der Waals surface area (Å²) in [6, 6.07) is 2.01. The van der Waals surface area contributed by atoms with Crippen LogP contribution in [0.4, 0.5) is 0 Å². The van der Waals surface area contributed by atoms with Crippen molar-refractivity contribution < 1.29 is 8.95 Å². The van der Waals surface area contributed by atoms with E-state index in [0.717, 1.165) is 26.1 Å². The van der Waals surface area contributed by atoms with Crippen LogP contribution in [-0.2, 0) is 15.5 Å². The Morgan fingerprint density at radius 2 is 2.17 bits per heavy atom. The first-order valence-corrected chi connectivity index (χ1v) is 5.54. The molecule has 1 aliphatic rings. The molecule has 1 aliphatic heterocycles. The van der Waals surface area contributed by atoms with Gasteiger partial charge in [-0.2, -0.15) is 5.26 Å². The van der Waals surface area contributed by atoms with Crippen LogP contribution in [0.15, 0.2) is 0 Å². The van der Waals surface area contributed by atoms with Crippen molar-refractivity contribution in [3.05, 3.63) is 0 Å². The molecule has 1 heterocycles. The fraction of sp³-hybridized carbons (Fsp3) is 0.875. The van der Waals surface area contributed by atoms with Crippen molar-refractivity contribution in [1.82, 2.24) is 0 Å². The van der Waals surface area contributed by atoms with Gasteiger partial charge >= 0.3 is 0 Å². The van der Waals surface area contributed by atoms with Gasteiger partial charge in [-0.3, -0.25) is 4.21 Å². The van der Waals surface area contributed by atoms with E-state index in [1.54, 1.807) is 0 Å². The highest BCUT2D eigenvalue weighted by Crippen LogP contribution is 2.13. The van der Waals surface area contributed by atoms with Crippen molar-refractivity contribution in [1.29, 1.82) is 5.26 Å². The van der Waals surface area contributed by atoms with E-state index in [4.69, 9.17) is 10.00 Å². The molecule has 0 saturated carbocycles. The highest BCUT2D eigenvalue weighted by molar-refractivity contribution is 7.85. The zero-order valence-electron chi connectivity index (χ0n) is 6.99. The number of rotatable bonds is 3. The van der Waals surface area contributed by atoms with Crippen molar-refractivity contribution in [3.63, 3.8) is 0 Å². The minimum atomic E-state index is -0.809. The third-order valence-electron chi connectivity index (χ3n) is 1.96. The molecule has 0 aromatic heterocycles. The zero-order chi connectivity index (χ0) is 8.81. The molecule has 0 radical (unpaired) electrons. The molecule has 1 rings (SSSR count). The summed E-state index contributed by atoms with van der Waals surface area (Å²) >= 11 is 0. The number of nitrogens with zero attached hydrogens (tertiary/aromatic N) is 1. The molecule has 0 bridgehead atoms. The van der Waals surface area contributed by atoms with E-state index in [2.05, 4.69) is 0 Å². The van der Waals surface area contributed by atoms with Crippen molar-refractivity contribution in [3.8, 4) is 6.07 Å². The summed E-state index contributed by atoms with van der Waals surface area (Å²) in [6.07, 6.45) is 2.18. The lowest BCUT2D eigenvalue weighted by molar-refractivity contribution is 0.0992. The average molecular weight is 187 g/mol. The van der Waals surface area contributed by atoms with Crippen molar-refractivity contribution in [2.45, 2.75) is 24.5 Å². The molecular formula is C8H13NO2S. The molecule has 0 spiro atoms. The Kier molecular flexibility index (Phi) is 4.26. The van der Waals surface area contributed by atoms with Crippen LogP contribution in [-0.4, -0.2) is 28.4 Å². The molecule has 0 N–H and O–H groups in total. The van der Waals surface area contributed by atoms with Gasteiger partial charge in [0.1, 0.15) is 0 Å². The summed E-state index contributed by atoms with van der Waals surface area (Å²) < 4.78 is 16.6. The quantitative estimate of drug-likeness (QED) is 0.657. The van der Waals surface area contributed by atoms with Gasteiger partial charge in [0.15, 0.2) is 0 Å². The number of hydrogen-bond acceptors (Lipinski definition) is 3. The number of nitriles is 1. The van der Waals surface area contributed by atoms with E-state index in [-0.39, 0.29) is 5.25 Å². The summed E-state index contributed by atoms with van der Waals surface area (Å²) in [5.74, 6) is 0.529. The lowest BCUT2D eigenvalue weighted by Gasteiger charge is -2.20. The van der Waals surface area contributed by atoms with Crippen molar-refractivity contribution in [2.24, 2.45) is 0 Å². The van der Waals surface area contributed by atoms with E-state index in [1.165, 1.54) is 0 Å². The second-order valence-corrected chi connectivity index (χ2v) is 4.64. The second kappa shape index (κ2) is 5.28. The summed E-state index contributed by atoms with van der Waals surface area (Å²) in [7, 11) is -0.809. The highest BCUT2D eigenvalue weighted by Gasteiger charge is 2.19. The monoisotopic (exact) mass is 187 g/mol. The molecule has 1 atom stereocenters. The standard InChI is InChI=1S/C8H13NO2S/c9-4-1-7-12(10)8-2-5-11-6-3-8/h8H,1-3,5-7H2. The molecule has 0 amide bonds. The van der Waals surface area contributed by atoms with Crippen LogP contribution in [0.1, 0.15) is 19.3 Å². The fourth-order valence-electron chi connectivity index (χ4n) is 1.25. The molecule has 1 fully saturated rings. The first-order chi connectivity index (χ1) is 5.84. The first kappa shape index (κ1) is 9.69. The predicted molar refractivity (Wildman–Crippen MR) is 47.1 cm³/mol. The maximum Gasteiger partial charge on any atom is 0.0631 e. The van der Waals surface area contributed by atoms with E-state index < -0.39 is 10.8 Å². The SMILES string of the molecule is N#CCCS(=O)C1CCOCC1. The second-order valence-electron chi connectivity index (χ2n) is 2.80. The van der Waals surface area contributed by atoms with Gasteiger partial charge in [-0.15, -0.1) is 0 Å². The molecule has 68 valence electrons. The third-order valence-corrected chi connectivity index (χ3v) is 3.78. The molecule has 4 heteroatoms. The Morgan fingerprint density at radius 1 is 1.50 bits per heavy atom. The minimum absolute atomic E-state index is 0.270. The van der Waals surface area contributed by atoms with Crippen LogP contribution in [0.25, 0.3) is 0 Å². The van der Waals surface area contributed by atoms with Gasteiger partial charge in [0.05, 0.1) is 6.07 Å². The van der Waals surface area contributed by atoms with Crippen LogP contribution < -0.4 is 0 Å². The summed E-state index contributed by atoms with van der Waals surface area (Å²) in [5, 5.41) is 8.57. The van der Waals surface area contributed by atoms with E-state index in [0.29, 0.717) is 12.2 Å².